The minimum atomic E-state index is -1.07. The average Bonchev–Trinajstić information content (AvgIpc) is 2.37. The maximum absolute atomic E-state index is 12.9. The van der Waals surface area contributed by atoms with Gasteiger partial charge in [-0.2, -0.15) is 0 Å². The molecule has 4 heteroatoms. The quantitative estimate of drug-likeness (QED) is 0.901. The van der Waals surface area contributed by atoms with Gasteiger partial charge in [-0.05, 0) is 35.9 Å². The number of aromatic nitrogens is 1. The van der Waals surface area contributed by atoms with Crippen LogP contribution in [0.3, 0.4) is 0 Å². The van der Waals surface area contributed by atoms with Crippen LogP contribution in [0.5, 0.6) is 0 Å². The molecule has 0 amide bonds. The summed E-state index contributed by atoms with van der Waals surface area (Å²) in [6, 6.07) is 10.8. The fourth-order valence-electron chi connectivity index (χ4n) is 1.46. The molecular weight excluding hydrogens is 233 g/mol. The van der Waals surface area contributed by atoms with Gasteiger partial charge in [-0.1, -0.05) is 24.3 Å². The third kappa shape index (κ3) is 3.01. The molecule has 18 heavy (non-hydrogen) atoms. The van der Waals surface area contributed by atoms with Crippen LogP contribution in [-0.2, 0) is 0 Å². The van der Waals surface area contributed by atoms with E-state index in [9.17, 15) is 9.18 Å². The smallest absolute Gasteiger partial charge is 0.354 e. The van der Waals surface area contributed by atoms with Crippen LogP contribution >= 0.6 is 0 Å². The van der Waals surface area contributed by atoms with Crippen LogP contribution in [0.25, 0.3) is 12.2 Å². The minimum Gasteiger partial charge on any atom is -0.477 e. The van der Waals surface area contributed by atoms with Gasteiger partial charge in [0.1, 0.15) is 11.5 Å². The standard InChI is InChI=1S/C14H10FNO2/c15-11-4-1-3-10(9-11)7-8-12-5-2-6-13(16-12)14(17)18/h1-9H,(H,17,18)/b8-7+. The highest BCUT2D eigenvalue weighted by Crippen LogP contribution is 2.09. The summed E-state index contributed by atoms with van der Waals surface area (Å²) in [5.41, 5.74) is 1.19. The lowest BCUT2D eigenvalue weighted by Gasteiger charge is -1.96. The monoisotopic (exact) mass is 243 g/mol. The van der Waals surface area contributed by atoms with E-state index < -0.39 is 5.97 Å². The number of carboxylic acids is 1. The Kier molecular flexibility index (Phi) is 3.48. The topological polar surface area (TPSA) is 50.2 Å². The zero-order valence-electron chi connectivity index (χ0n) is 9.38. The van der Waals surface area contributed by atoms with E-state index in [0.717, 1.165) is 0 Å². The molecule has 0 spiro atoms. The second-order valence-corrected chi connectivity index (χ2v) is 3.64. The van der Waals surface area contributed by atoms with Crippen molar-refractivity contribution in [3.05, 3.63) is 65.2 Å². The third-order valence-corrected chi connectivity index (χ3v) is 2.28. The lowest BCUT2D eigenvalue weighted by Crippen LogP contribution is -2.00. The number of benzene rings is 1. The van der Waals surface area contributed by atoms with Crippen molar-refractivity contribution >= 4 is 18.1 Å². The van der Waals surface area contributed by atoms with E-state index >= 15 is 0 Å². The molecular formula is C14H10FNO2. The number of hydrogen-bond acceptors (Lipinski definition) is 2. The number of nitrogens with zero attached hydrogens (tertiary/aromatic N) is 1. The Morgan fingerprint density at radius 1 is 1.17 bits per heavy atom. The van der Waals surface area contributed by atoms with Crippen molar-refractivity contribution in [2.24, 2.45) is 0 Å². The van der Waals surface area contributed by atoms with Crippen molar-refractivity contribution < 1.29 is 14.3 Å². The number of rotatable bonds is 3. The Hall–Kier alpha value is -2.49. The Balaban J connectivity index is 2.23. The molecule has 0 bridgehead atoms. The largest absolute Gasteiger partial charge is 0.477 e. The molecule has 3 nitrogen and oxygen atoms in total. The molecule has 0 aliphatic carbocycles. The Labute approximate surface area is 103 Å². The van der Waals surface area contributed by atoms with Crippen LogP contribution in [0.1, 0.15) is 21.7 Å². The Bertz CT molecular complexity index is 608. The Morgan fingerprint density at radius 3 is 2.67 bits per heavy atom. The SMILES string of the molecule is O=C(O)c1cccc(/C=C/c2cccc(F)c2)n1. The first-order valence-electron chi connectivity index (χ1n) is 5.29. The van der Waals surface area contributed by atoms with Crippen molar-refractivity contribution in [2.45, 2.75) is 0 Å². The first-order valence-corrected chi connectivity index (χ1v) is 5.29. The summed E-state index contributed by atoms with van der Waals surface area (Å²) in [6.45, 7) is 0. The van der Waals surface area contributed by atoms with Crippen molar-refractivity contribution in [1.29, 1.82) is 0 Å². The number of carboxylic acid groups (broad SMARTS) is 1. The summed E-state index contributed by atoms with van der Waals surface area (Å²) in [5, 5.41) is 8.79. The van der Waals surface area contributed by atoms with Gasteiger partial charge in [-0.3, -0.25) is 0 Å². The fourth-order valence-corrected chi connectivity index (χ4v) is 1.46. The molecule has 0 unspecified atom stereocenters. The van der Waals surface area contributed by atoms with Gasteiger partial charge in [0.15, 0.2) is 0 Å². The zero-order valence-corrected chi connectivity index (χ0v) is 9.38. The molecule has 0 saturated carbocycles. The molecule has 0 fully saturated rings. The van der Waals surface area contributed by atoms with E-state index in [2.05, 4.69) is 4.98 Å². The molecule has 1 aromatic heterocycles. The van der Waals surface area contributed by atoms with Crippen molar-refractivity contribution in [1.82, 2.24) is 4.98 Å². The molecule has 90 valence electrons. The lowest BCUT2D eigenvalue weighted by molar-refractivity contribution is 0.0690. The number of aromatic carboxylic acids is 1. The van der Waals surface area contributed by atoms with Gasteiger partial charge in [0, 0.05) is 0 Å². The summed E-state index contributed by atoms with van der Waals surface area (Å²) in [6.07, 6.45) is 3.32. The first-order chi connectivity index (χ1) is 8.65. The van der Waals surface area contributed by atoms with Crippen LogP contribution in [0, 0.1) is 5.82 Å². The summed E-state index contributed by atoms with van der Waals surface area (Å²) in [7, 11) is 0. The summed E-state index contributed by atoms with van der Waals surface area (Å²) < 4.78 is 12.9. The summed E-state index contributed by atoms with van der Waals surface area (Å²) >= 11 is 0. The van der Waals surface area contributed by atoms with Crippen molar-refractivity contribution in [2.75, 3.05) is 0 Å². The van der Waals surface area contributed by atoms with E-state index in [0.29, 0.717) is 11.3 Å². The molecule has 0 atom stereocenters. The van der Waals surface area contributed by atoms with Crippen LogP contribution in [-0.4, -0.2) is 16.1 Å². The first kappa shape index (κ1) is 12.0. The van der Waals surface area contributed by atoms with E-state index in [1.54, 1.807) is 36.4 Å². The van der Waals surface area contributed by atoms with Crippen LogP contribution in [0.2, 0.25) is 0 Å². The third-order valence-electron chi connectivity index (χ3n) is 2.28. The Morgan fingerprint density at radius 2 is 1.94 bits per heavy atom. The highest BCUT2D eigenvalue weighted by atomic mass is 19.1. The van der Waals surface area contributed by atoms with Crippen molar-refractivity contribution in [3.63, 3.8) is 0 Å². The lowest BCUT2D eigenvalue weighted by atomic mass is 10.2. The minimum absolute atomic E-state index is 0.0172. The van der Waals surface area contributed by atoms with Gasteiger partial charge in [0.05, 0.1) is 5.69 Å². The van der Waals surface area contributed by atoms with E-state index in [-0.39, 0.29) is 11.5 Å². The number of pyridine rings is 1. The number of hydrogen-bond donors (Lipinski definition) is 1. The molecule has 1 aromatic carbocycles. The van der Waals surface area contributed by atoms with E-state index in [1.165, 1.54) is 18.2 Å². The van der Waals surface area contributed by atoms with Gasteiger partial charge >= 0.3 is 5.97 Å². The van der Waals surface area contributed by atoms with Gasteiger partial charge in [0.25, 0.3) is 0 Å². The van der Waals surface area contributed by atoms with Gasteiger partial charge < -0.3 is 5.11 Å². The van der Waals surface area contributed by atoms with Crippen molar-refractivity contribution in [3.8, 4) is 0 Å². The zero-order chi connectivity index (χ0) is 13.0. The molecule has 0 aliphatic heterocycles. The van der Waals surface area contributed by atoms with Gasteiger partial charge in [-0.15, -0.1) is 0 Å². The van der Waals surface area contributed by atoms with E-state index in [1.807, 2.05) is 0 Å². The normalized spacial score (nSPS) is 10.7. The predicted molar refractivity (Wildman–Crippen MR) is 66.5 cm³/mol. The fraction of sp³-hybridized carbons (Fsp3) is 0. The molecule has 1 N–H and O–H groups in total. The van der Waals surface area contributed by atoms with Crippen LogP contribution in [0.15, 0.2) is 42.5 Å². The second kappa shape index (κ2) is 5.23. The maximum Gasteiger partial charge on any atom is 0.354 e. The second-order valence-electron chi connectivity index (χ2n) is 3.64. The number of halogens is 1. The molecule has 0 aliphatic rings. The van der Waals surface area contributed by atoms with Crippen LogP contribution in [0.4, 0.5) is 4.39 Å². The predicted octanol–water partition coefficient (Wildman–Crippen LogP) is 3.09. The molecule has 1 heterocycles. The van der Waals surface area contributed by atoms with Gasteiger partial charge in [-0.25, -0.2) is 14.2 Å². The van der Waals surface area contributed by atoms with Gasteiger partial charge in [0.2, 0.25) is 0 Å². The molecule has 0 saturated heterocycles. The molecule has 2 aromatic rings. The summed E-state index contributed by atoms with van der Waals surface area (Å²) in [4.78, 5) is 14.7. The highest BCUT2D eigenvalue weighted by molar-refractivity contribution is 5.85. The highest BCUT2D eigenvalue weighted by Gasteiger charge is 2.03. The maximum atomic E-state index is 12.9. The summed E-state index contributed by atoms with van der Waals surface area (Å²) in [5.74, 6) is -1.39. The molecule has 0 radical (unpaired) electrons. The average molecular weight is 243 g/mol. The molecule has 2 rings (SSSR count). The van der Waals surface area contributed by atoms with E-state index in [4.69, 9.17) is 5.11 Å². The van der Waals surface area contributed by atoms with Crippen LogP contribution < -0.4 is 0 Å². The number of carbonyl (C=O) groups is 1.